The molecule has 0 atom stereocenters. The highest BCUT2D eigenvalue weighted by molar-refractivity contribution is 5.93. The average Bonchev–Trinajstić information content (AvgIpc) is 3.30. The van der Waals surface area contributed by atoms with Crippen molar-refractivity contribution in [2.24, 2.45) is 0 Å². The molecule has 0 spiro atoms. The predicted octanol–water partition coefficient (Wildman–Crippen LogP) is 2.72. The van der Waals surface area contributed by atoms with Gasteiger partial charge in [-0.15, -0.1) is 10.2 Å². The zero-order chi connectivity index (χ0) is 20.2. The van der Waals surface area contributed by atoms with Gasteiger partial charge in [-0.3, -0.25) is 9.59 Å². The highest BCUT2D eigenvalue weighted by Gasteiger charge is 2.27. The van der Waals surface area contributed by atoms with E-state index >= 15 is 0 Å². The molecule has 0 unspecified atom stereocenters. The SMILES string of the molecule is Cc1ccccc1Nc1ccc(C(=O)N2CCN(C(=O)c3ccco3)CC2)nn1. The van der Waals surface area contributed by atoms with Crippen molar-refractivity contribution < 1.29 is 14.0 Å². The molecule has 148 valence electrons. The van der Waals surface area contributed by atoms with Crippen molar-refractivity contribution in [2.75, 3.05) is 31.5 Å². The van der Waals surface area contributed by atoms with Crippen LogP contribution in [0.1, 0.15) is 26.6 Å². The van der Waals surface area contributed by atoms with Gasteiger partial charge in [-0.2, -0.15) is 0 Å². The molecule has 1 aromatic carbocycles. The molecule has 3 heterocycles. The number of para-hydroxylation sites is 1. The molecule has 8 heteroatoms. The van der Waals surface area contributed by atoms with Crippen LogP contribution in [0.3, 0.4) is 0 Å². The third-order valence-corrected chi connectivity index (χ3v) is 4.88. The molecule has 4 rings (SSSR count). The van der Waals surface area contributed by atoms with Crippen molar-refractivity contribution in [3.8, 4) is 0 Å². The molecular weight excluding hydrogens is 370 g/mol. The predicted molar refractivity (Wildman–Crippen MR) is 107 cm³/mol. The Morgan fingerprint density at radius 3 is 2.24 bits per heavy atom. The van der Waals surface area contributed by atoms with E-state index in [0.29, 0.717) is 37.8 Å². The van der Waals surface area contributed by atoms with Crippen LogP contribution in [0.2, 0.25) is 0 Å². The highest BCUT2D eigenvalue weighted by Crippen LogP contribution is 2.18. The molecule has 1 fully saturated rings. The van der Waals surface area contributed by atoms with Crippen molar-refractivity contribution in [3.05, 3.63) is 71.8 Å². The minimum Gasteiger partial charge on any atom is -0.459 e. The summed E-state index contributed by atoms with van der Waals surface area (Å²) in [6.07, 6.45) is 1.48. The maximum atomic E-state index is 12.7. The Bertz CT molecular complexity index is 993. The largest absolute Gasteiger partial charge is 0.459 e. The van der Waals surface area contributed by atoms with E-state index in [1.807, 2.05) is 31.2 Å². The fraction of sp³-hybridized carbons (Fsp3) is 0.238. The number of benzene rings is 1. The van der Waals surface area contributed by atoms with E-state index in [4.69, 9.17) is 4.42 Å². The Hall–Kier alpha value is -3.68. The molecule has 0 aliphatic carbocycles. The lowest BCUT2D eigenvalue weighted by Crippen LogP contribution is -2.50. The summed E-state index contributed by atoms with van der Waals surface area (Å²) in [5.41, 5.74) is 2.32. The molecule has 1 aliphatic rings. The van der Waals surface area contributed by atoms with Crippen molar-refractivity contribution in [2.45, 2.75) is 6.92 Å². The van der Waals surface area contributed by atoms with E-state index in [1.54, 1.807) is 34.1 Å². The van der Waals surface area contributed by atoms with Crippen LogP contribution in [0.25, 0.3) is 0 Å². The van der Waals surface area contributed by atoms with Gasteiger partial charge in [0, 0.05) is 31.9 Å². The van der Waals surface area contributed by atoms with Gasteiger partial charge in [0.25, 0.3) is 11.8 Å². The Morgan fingerprint density at radius 2 is 1.62 bits per heavy atom. The van der Waals surface area contributed by atoms with Crippen LogP contribution >= 0.6 is 0 Å². The number of piperazine rings is 1. The molecule has 2 amide bonds. The Labute approximate surface area is 168 Å². The fourth-order valence-corrected chi connectivity index (χ4v) is 3.19. The molecule has 1 saturated heterocycles. The van der Waals surface area contributed by atoms with Crippen LogP contribution < -0.4 is 5.32 Å². The number of nitrogens with one attached hydrogen (secondary N) is 1. The van der Waals surface area contributed by atoms with Gasteiger partial charge in [0.1, 0.15) is 0 Å². The van der Waals surface area contributed by atoms with E-state index in [9.17, 15) is 9.59 Å². The quantitative estimate of drug-likeness (QED) is 0.735. The van der Waals surface area contributed by atoms with E-state index < -0.39 is 0 Å². The van der Waals surface area contributed by atoms with Crippen molar-refractivity contribution >= 4 is 23.3 Å². The lowest BCUT2D eigenvalue weighted by Gasteiger charge is -2.34. The molecule has 0 bridgehead atoms. The van der Waals surface area contributed by atoms with Crippen LogP contribution in [0.5, 0.6) is 0 Å². The molecule has 8 nitrogen and oxygen atoms in total. The Morgan fingerprint density at radius 1 is 0.897 bits per heavy atom. The first kappa shape index (κ1) is 18.7. The minimum absolute atomic E-state index is 0.159. The lowest BCUT2D eigenvalue weighted by molar-refractivity contribution is 0.0514. The Kier molecular flexibility index (Phi) is 5.24. The summed E-state index contributed by atoms with van der Waals surface area (Å²) in [5.74, 6) is 0.538. The zero-order valence-corrected chi connectivity index (χ0v) is 16.0. The maximum Gasteiger partial charge on any atom is 0.289 e. The van der Waals surface area contributed by atoms with E-state index in [-0.39, 0.29) is 17.5 Å². The van der Waals surface area contributed by atoms with Gasteiger partial charge < -0.3 is 19.5 Å². The summed E-state index contributed by atoms with van der Waals surface area (Å²) < 4.78 is 5.16. The molecule has 0 saturated carbocycles. The summed E-state index contributed by atoms with van der Waals surface area (Å²) in [5, 5.41) is 11.4. The number of anilines is 2. The lowest BCUT2D eigenvalue weighted by atomic mass is 10.2. The molecular formula is C21H21N5O3. The minimum atomic E-state index is -0.190. The number of carbonyl (C=O) groups excluding carboxylic acids is 2. The van der Waals surface area contributed by atoms with Gasteiger partial charge in [-0.05, 0) is 42.8 Å². The van der Waals surface area contributed by atoms with Crippen molar-refractivity contribution in [3.63, 3.8) is 0 Å². The number of hydrogen-bond acceptors (Lipinski definition) is 6. The third-order valence-electron chi connectivity index (χ3n) is 4.88. The number of carbonyl (C=O) groups is 2. The Balaban J connectivity index is 1.35. The normalized spacial score (nSPS) is 14.0. The van der Waals surface area contributed by atoms with Gasteiger partial charge in [0.2, 0.25) is 0 Å². The first-order valence-electron chi connectivity index (χ1n) is 9.40. The van der Waals surface area contributed by atoms with Gasteiger partial charge in [0.15, 0.2) is 17.3 Å². The fourth-order valence-electron chi connectivity index (χ4n) is 3.19. The second-order valence-electron chi connectivity index (χ2n) is 6.81. The van der Waals surface area contributed by atoms with Gasteiger partial charge in [-0.25, -0.2) is 0 Å². The van der Waals surface area contributed by atoms with Crippen LogP contribution in [-0.4, -0.2) is 58.0 Å². The van der Waals surface area contributed by atoms with Crippen LogP contribution in [0, 0.1) is 6.92 Å². The smallest absolute Gasteiger partial charge is 0.289 e. The number of amides is 2. The topological polar surface area (TPSA) is 91.6 Å². The van der Waals surface area contributed by atoms with Gasteiger partial charge in [0.05, 0.1) is 6.26 Å². The summed E-state index contributed by atoms with van der Waals surface area (Å²) in [6, 6.07) is 14.6. The number of hydrogen-bond donors (Lipinski definition) is 1. The van der Waals surface area contributed by atoms with E-state index in [1.165, 1.54) is 6.26 Å². The average molecular weight is 391 g/mol. The van der Waals surface area contributed by atoms with Crippen molar-refractivity contribution in [1.82, 2.24) is 20.0 Å². The standard InChI is InChI=1S/C21H21N5O3/c1-15-5-2-3-6-16(15)22-19-9-8-17(23-24-19)20(27)25-10-12-26(13-11-25)21(28)18-7-4-14-29-18/h2-9,14H,10-13H2,1H3,(H,22,24). The number of aryl methyl sites for hydroxylation is 1. The molecule has 0 radical (unpaired) electrons. The zero-order valence-electron chi connectivity index (χ0n) is 16.0. The second kappa shape index (κ2) is 8.14. The number of furan rings is 1. The first-order valence-corrected chi connectivity index (χ1v) is 9.40. The summed E-state index contributed by atoms with van der Waals surface area (Å²) in [6.45, 7) is 3.79. The first-order chi connectivity index (χ1) is 14.1. The summed E-state index contributed by atoms with van der Waals surface area (Å²) >= 11 is 0. The third kappa shape index (κ3) is 4.11. The van der Waals surface area contributed by atoms with Gasteiger partial charge >= 0.3 is 0 Å². The number of nitrogens with zero attached hydrogens (tertiary/aromatic N) is 4. The number of rotatable bonds is 4. The molecule has 3 aromatic rings. The summed E-state index contributed by atoms with van der Waals surface area (Å²) in [4.78, 5) is 28.4. The molecule has 1 aliphatic heterocycles. The second-order valence-corrected chi connectivity index (χ2v) is 6.81. The molecule has 1 N–H and O–H groups in total. The van der Waals surface area contributed by atoms with E-state index in [2.05, 4.69) is 15.5 Å². The summed E-state index contributed by atoms with van der Waals surface area (Å²) in [7, 11) is 0. The van der Waals surface area contributed by atoms with Gasteiger partial charge in [-0.1, -0.05) is 18.2 Å². The molecule has 29 heavy (non-hydrogen) atoms. The van der Waals surface area contributed by atoms with Crippen LogP contribution in [-0.2, 0) is 0 Å². The van der Waals surface area contributed by atoms with Crippen LogP contribution in [0.15, 0.2) is 59.2 Å². The monoisotopic (exact) mass is 391 g/mol. The van der Waals surface area contributed by atoms with Crippen molar-refractivity contribution in [1.29, 1.82) is 0 Å². The van der Waals surface area contributed by atoms with E-state index in [0.717, 1.165) is 11.3 Å². The number of aromatic nitrogens is 2. The highest BCUT2D eigenvalue weighted by atomic mass is 16.3. The van der Waals surface area contributed by atoms with Crippen LogP contribution in [0.4, 0.5) is 11.5 Å². The molecule has 2 aromatic heterocycles. The maximum absolute atomic E-state index is 12.7.